The number of nitrogen functional groups attached to an aromatic ring is 2. The zero-order valence-electron chi connectivity index (χ0n) is 11.7. The second-order valence-corrected chi connectivity index (χ2v) is 3.86. The van der Waals surface area contributed by atoms with E-state index in [1.54, 1.807) is 13.1 Å². The third-order valence-electron chi connectivity index (χ3n) is 2.50. The molecular weight excluding hydrogens is 256 g/mol. The van der Waals surface area contributed by atoms with Crippen molar-refractivity contribution in [2.45, 2.75) is 20.8 Å². The molecule has 0 radical (unpaired) electrons. The maximum Gasteiger partial charge on any atom is 0.277 e. The molecule has 5 N–H and O–H groups in total. The van der Waals surface area contributed by atoms with Crippen LogP contribution in [0.3, 0.4) is 0 Å². The Hall–Kier alpha value is -2.70. The first kappa shape index (κ1) is 15.4. The lowest BCUT2D eigenvalue weighted by atomic mass is 10.2. The van der Waals surface area contributed by atoms with Crippen molar-refractivity contribution < 1.29 is 4.79 Å². The predicted molar refractivity (Wildman–Crippen MR) is 81.0 cm³/mol. The molecule has 0 atom stereocenters. The van der Waals surface area contributed by atoms with Crippen LogP contribution in [0.4, 0.5) is 11.6 Å². The maximum absolute atomic E-state index is 11.9. The van der Waals surface area contributed by atoms with Crippen LogP contribution in [0.2, 0.25) is 0 Å². The van der Waals surface area contributed by atoms with Crippen LogP contribution in [0.5, 0.6) is 0 Å². The van der Waals surface area contributed by atoms with Gasteiger partial charge in [-0.05, 0) is 26.3 Å². The SMILES string of the molecule is CC=N/C=C\NC(=O)c1nc(/C(C)=C\C)c(N)nc1N. The fourth-order valence-electron chi connectivity index (χ4n) is 1.37. The molecule has 7 heteroatoms. The molecule has 0 bridgehead atoms. The highest BCUT2D eigenvalue weighted by atomic mass is 16.1. The Morgan fingerprint density at radius 1 is 1.20 bits per heavy atom. The van der Waals surface area contributed by atoms with E-state index in [1.165, 1.54) is 12.4 Å². The van der Waals surface area contributed by atoms with Crippen LogP contribution in [0.25, 0.3) is 5.57 Å². The number of aromatic nitrogens is 2. The van der Waals surface area contributed by atoms with Gasteiger partial charge in [0.1, 0.15) is 5.69 Å². The van der Waals surface area contributed by atoms with Crippen LogP contribution >= 0.6 is 0 Å². The number of carbonyl (C=O) groups excluding carboxylic acids is 1. The van der Waals surface area contributed by atoms with Crippen molar-refractivity contribution in [2.24, 2.45) is 4.99 Å². The Morgan fingerprint density at radius 3 is 2.45 bits per heavy atom. The highest BCUT2D eigenvalue weighted by Crippen LogP contribution is 2.20. The van der Waals surface area contributed by atoms with Gasteiger partial charge < -0.3 is 16.8 Å². The van der Waals surface area contributed by atoms with Gasteiger partial charge in [-0.1, -0.05) is 6.08 Å². The number of carbonyl (C=O) groups is 1. The summed E-state index contributed by atoms with van der Waals surface area (Å²) in [7, 11) is 0. The first-order valence-corrected chi connectivity index (χ1v) is 6.01. The topological polar surface area (TPSA) is 119 Å². The number of aliphatic imine (C=N–C) groups is 1. The Labute approximate surface area is 117 Å². The molecule has 1 amide bonds. The first-order valence-electron chi connectivity index (χ1n) is 6.01. The largest absolute Gasteiger partial charge is 0.382 e. The van der Waals surface area contributed by atoms with E-state index in [4.69, 9.17) is 11.5 Å². The van der Waals surface area contributed by atoms with Crippen molar-refractivity contribution in [3.8, 4) is 0 Å². The number of hydrogen-bond donors (Lipinski definition) is 3. The monoisotopic (exact) mass is 274 g/mol. The van der Waals surface area contributed by atoms with Gasteiger partial charge in [0.05, 0.1) is 0 Å². The summed E-state index contributed by atoms with van der Waals surface area (Å²) < 4.78 is 0. The molecule has 1 heterocycles. The Balaban J connectivity index is 3.09. The molecule has 0 saturated heterocycles. The van der Waals surface area contributed by atoms with Gasteiger partial charge in [0.15, 0.2) is 17.3 Å². The van der Waals surface area contributed by atoms with Crippen molar-refractivity contribution in [1.29, 1.82) is 0 Å². The van der Waals surface area contributed by atoms with E-state index in [-0.39, 0.29) is 17.3 Å². The van der Waals surface area contributed by atoms with E-state index >= 15 is 0 Å². The van der Waals surface area contributed by atoms with E-state index in [1.807, 2.05) is 19.9 Å². The summed E-state index contributed by atoms with van der Waals surface area (Å²) in [6, 6.07) is 0. The molecule has 0 spiro atoms. The van der Waals surface area contributed by atoms with Gasteiger partial charge in [-0.3, -0.25) is 9.79 Å². The smallest absolute Gasteiger partial charge is 0.277 e. The number of rotatable bonds is 4. The lowest BCUT2D eigenvalue weighted by molar-refractivity contribution is 0.0966. The Kier molecular flexibility index (Phi) is 5.40. The lowest BCUT2D eigenvalue weighted by Crippen LogP contribution is -2.22. The zero-order chi connectivity index (χ0) is 15.1. The summed E-state index contributed by atoms with van der Waals surface area (Å²) in [5.74, 6) is -0.288. The van der Waals surface area contributed by atoms with E-state index in [9.17, 15) is 4.79 Å². The van der Waals surface area contributed by atoms with Crippen molar-refractivity contribution in [2.75, 3.05) is 11.5 Å². The number of nitrogens with one attached hydrogen (secondary N) is 1. The molecular formula is C13H18N6O. The number of amides is 1. The molecule has 0 fully saturated rings. The number of allylic oxidation sites excluding steroid dienone is 2. The molecule has 1 aromatic heterocycles. The van der Waals surface area contributed by atoms with E-state index in [0.29, 0.717) is 5.69 Å². The van der Waals surface area contributed by atoms with E-state index in [0.717, 1.165) is 5.57 Å². The first-order chi connectivity index (χ1) is 9.51. The van der Waals surface area contributed by atoms with Gasteiger partial charge in [-0.25, -0.2) is 9.97 Å². The van der Waals surface area contributed by atoms with Gasteiger partial charge in [0.25, 0.3) is 5.91 Å². The number of nitrogens with zero attached hydrogens (tertiary/aromatic N) is 3. The summed E-state index contributed by atoms with van der Waals surface area (Å²) in [6.45, 7) is 5.44. The van der Waals surface area contributed by atoms with E-state index < -0.39 is 5.91 Å². The standard InChI is InChI=1S/C13H18N6O/c1-4-8(3)9-11(14)19-12(15)10(18-9)13(20)17-7-6-16-5-2/h4-7H,1-3H3,(H,17,20)(H4,14,15,19)/b7-6-,8-4-,16-5?. The molecule has 0 aliphatic carbocycles. The molecule has 0 unspecified atom stereocenters. The quantitative estimate of drug-likeness (QED) is 0.716. The fraction of sp³-hybridized carbons (Fsp3) is 0.231. The third kappa shape index (κ3) is 3.64. The second-order valence-electron chi connectivity index (χ2n) is 3.86. The number of anilines is 2. The van der Waals surface area contributed by atoms with Crippen molar-refractivity contribution in [1.82, 2.24) is 15.3 Å². The molecule has 0 aromatic carbocycles. The molecule has 1 aromatic rings. The summed E-state index contributed by atoms with van der Waals surface area (Å²) >= 11 is 0. The predicted octanol–water partition coefficient (Wildman–Crippen LogP) is 1.36. The van der Waals surface area contributed by atoms with Crippen molar-refractivity contribution >= 4 is 29.3 Å². The highest BCUT2D eigenvalue weighted by molar-refractivity contribution is 5.97. The van der Waals surface area contributed by atoms with E-state index in [2.05, 4.69) is 20.3 Å². The minimum Gasteiger partial charge on any atom is -0.382 e. The van der Waals surface area contributed by atoms with Crippen LogP contribution in [0.15, 0.2) is 23.5 Å². The second kappa shape index (κ2) is 7.03. The van der Waals surface area contributed by atoms with Gasteiger partial charge in [0, 0.05) is 18.6 Å². The van der Waals surface area contributed by atoms with Gasteiger partial charge in [-0.15, -0.1) is 0 Å². The maximum atomic E-state index is 11.9. The summed E-state index contributed by atoms with van der Waals surface area (Å²) in [5.41, 5.74) is 12.7. The Bertz CT molecular complexity index is 589. The summed E-state index contributed by atoms with van der Waals surface area (Å²) in [4.78, 5) is 23.9. The minimum absolute atomic E-state index is 0.0138. The molecule has 0 aliphatic rings. The fourth-order valence-corrected chi connectivity index (χ4v) is 1.37. The molecule has 0 aliphatic heterocycles. The average molecular weight is 274 g/mol. The minimum atomic E-state index is -0.470. The third-order valence-corrected chi connectivity index (χ3v) is 2.50. The number of hydrogen-bond acceptors (Lipinski definition) is 6. The highest BCUT2D eigenvalue weighted by Gasteiger charge is 2.16. The summed E-state index contributed by atoms with van der Waals surface area (Å²) in [5, 5.41) is 2.50. The average Bonchev–Trinajstić information content (AvgIpc) is 2.42. The molecule has 1 rings (SSSR count). The van der Waals surface area contributed by atoms with Gasteiger partial charge >= 0.3 is 0 Å². The molecule has 7 nitrogen and oxygen atoms in total. The molecule has 20 heavy (non-hydrogen) atoms. The normalized spacial score (nSPS) is 12.2. The van der Waals surface area contributed by atoms with Gasteiger partial charge in [-0.2, -0.15) is 0 Å². The zero-order valence-corrected chi connectivity index (χ0v) is 11.7. The lowest BCUT2D eigenvalue weighted by Gasteiger charge is -2.09. The number of nitrogens with two attached hydrogens (primary N) is 2. The van der Waals surface area contributed by atoms with Crippen LogP contribution < -0.4 is 16.8 Å². The van der Waals surface area contributed by atoms with Crippen LogP contribution in [0, 0.1) is 0 Å². The Morgan fingerprint density at radius 2 is 1.85 bits per heavy atom. The molecule has 106 valence electrons. The molecule has 0 saturated carbocycles. The van der Waals surface area contributed by atoms with Crippen LogP contribution in [0.1, 0.15) is 37.0 Å². The van der Waals surface area contributed by atoms with Crippen molar-refractivity contribution in [3.63, 3.8) is 0 Å². The van der Waals surface area contributed by atoms with Crippen LogP contribution in [-0.2, 0) is 0 Å². The summed E-state index contributed by atoms with van der Waals surface area (Å²) in [6.07, 6.45) is 6.25. The van der Waals surface area contributed by atoms with Crippen molar-refractivity contribution in [3.05, 3.63) is 29.9 Å². The van der Waals surface area contributed by atoms with Gasteiger partial charge in [0.2, 0.25) is 0 Å². The van der Waals surface area contributed by atoms with Crippen LogP contribution in [-0.4, -0.2) is 22.1 Å².